The van der Waals surface area contributed by atoms with Crippen LogP contribution >= 0.6 is 0 Å². The van der Waals surface area contributed by atoms with Crippen LogP contribution in [0.2, 0.25) is 0 Å². The second kappa shape index (κ2) is 5.46. The van der Waals surface area contributed by atoms with E-state index in [9.17, 15) is 9.59 Å². The molecule has 1 saturated carbocycles. The maximum absolute atomic E-state index is 11.1. The molecule has 1 aliphatic rings. The molecule has 92 valence electrons. The van der Waals surface area contributed by atoms with Gasteiger partial charge in [-0.2, -0.15) is 0 Å². The number of carbonyl (C=O) groups excluding carboxylic acids is 2. The van der Waals surface area contributed by atoms with Crippen molar-refractivity contribution < 1.29 is 14.3 Å². The summed E-state index contributed by atoms with van der Waals surface area (Å²) in [6.07, 6.45) is 5.83. The Hall–Kier alpha value is -0.860. The highest BCUT2D eigenvalue weighted by Gasteiger charge is 2.35. The zero-order valence-electron chi connectivity index (χ0n) is 10.5. The van der Waals surface area contributed by atoms with Crippen molar-refractivity contribution in [2.45, 2.75) is 59.0 Å². The van der Waals surface area contributed by atoms with E-state index < -0.39 is 0 Å². The van der Waals surface area contributed by atoms with Crippen LogP contribution in [-0.4, -0.2) is 18.4 Å². The first-order chi connectivity index (χ1) is 7.51. The highest BCUT2D eigenvalue weighted by Crippen LogP contribution is 2.40. The molecule has 0 amide bonds. The molecule has 1 atom stereocenters. The third-order valence-electron chi connectivity index (χ3n) is 3.97. The number of esters is 1. The number of rotatable bonds is 4. The highest BCUT2D eigenvalue weighted by atomic mass is 16.5. The SMILES string of the molecule is CCC(C)(C=O)C1CCC(OC(C)=O)CC1. The van der Waals surface area contributed by atoms with Gasteiger partial charge in [0, 0.05) is 12.3 Å². The van der Waals surface area contributed by atoms with E-state index in [2.05, 4.69) is 6.92 Å². The lowest BCUT2D eigenvalue weighted by Crippen LogP contribution is -2.34. The lowest BCUT2D eigenvalue weighted by molar-refractivity contribution is -0.149. The van der Waals surface area contributed by atoms with Gasteiger partial charge in [-0.15, -0.1) is 0 Å². The third-order valence-corrected chi connectivity index (χ3v) is 3.97. The molecule has 0 heterocycles. The van der Waals surface area contributed by atoms with E-state index >= 15 is 0 Å². The molecule has 0 saturated heterocycles. The number of hydrogen-bond donors (Lipinski definition) is 0. The van der Waals surface area contributed by atoms with Gasteiger partial charge in [-0.25, -0.2) is 0 Å². The normalized spacial score (nSPS) is 29.2. The van der Waals surface area contributed by atoms with E-state index in [1.54, 1.807) is 0 Å². The fourth-order valence-corrected chi connectivity index (χ4v) is 2.54. The van der Waals surface area contributed by atoms with Crippen molar-refractivity contribution in [3.63, 3.8) is 0 Å². The molecule has 1 rings (SSSR count). The second-order valence-corrected chi connectivity index (χ2v) is 5.06. The highest BCUT2D eigenvalue weighted by molar-refractivity contribution is 5.66. The van der Waals surface area contributed by atoms with Crippen LogP contribution in [0.4, 0.5) is 0 Å². The summed E-state index contributed by atoms with van der Waals surface area (Å²) in [7, 11) is 0. The second-order valence-electron chi connectivity index (χ2n) is 5.06. The van der Waals surface area contributed by atoms with Gasteiger partial charge in [0.25, 0.3) is 0 Å². The van der Waals surface area contributed by atoms with Gasteiger partial charge in [0.15, 0.2) is 0 Å². The minimum Gasteiger partial charge on any atom is -0.463 e. The van der Waals surface area contributed by atoms with Crippen LogP contribution in [0.5, 0.6) is 0 Å². The van der Waals surface area contributed by atoms with Crippen LogP contribution < -0.4 is 0 Å². The zero-order valence-corrected chi connectivity index (χ0v) is 10.5. The summed E-state index contributed by atoms with van der Waals surface area (Å²) in [6.45, 7) is 5.55. The molecule has 0 aromatic heterocycles. The van der Waals surface area contributed by atoms with E-state index in [1.165, 1.54) is 6.92 Å². The first-order valence-electron chi connectivity index (χ1n) is 6.15. The van der Waals surface area contributed by atoms with Crippen LogP contribution in [0.15, 0.2) is 0 Å². The Morgan fingerprint density at radius 2 is 1.94 bits per heavy atom. The fraction of sp³-hybridized carbons (Fsp3) is 0.846. The number of aldehydes is 1. The first kappa shape index (κ1) is 13.2. The van der Waals surface area contributed by atoms with Gasteiger partial charge in [-0.05, 0) is 38.0 Å². The van der Waals surface area contributed by atoms with E-state index in [-0.39, 0.29) is 17.5 Å². The van der Waals surface area contributed by atoms with Gasteiger partial charge in [0.05, 0.1) is 0 Å². The smallest absolute Gasteiger partial charge is 0.302 e. The van der Waals surface area contributed by atoms with Crippen LogP contribution in [0.1, 0.15) is 52.9 Å². The maximum atomic E-state index is 11.1. The van der Waals surface area contributed by atoms with Crippen molar-refractivity contribution in [2.75, 3.05) is 0 Å². The molecule has 3 heteroatoms. The van der Waals surface area contributed by atoms with Gasteiger partial charge in [-0.1, -0.05) is 13.8 Å². The molecule has 0 aromatic carbocycles. The fourth-order valence-electron chi connectivity index (χ4n) is 2.54. The van der Waals surface area contributed by atoms with E-state index in [1.807, 2.05) is 6.92 Å². The summed E-state index contributed by atoms with van der Waals surface area (Å²) in [5.41, 5.74) is -0.193. The van der Waals surface area contributed by atoms with Gasteiger partial charge in [-0.3, -0.25) is 4.79 Å². The van der Waals surface area contributed by atoms with Gasteiger partial charge < -0.3 is 9.53 Å². The molecule has 0 aliphatic heterocycles. The predicted molar refractivity (Wildman–Crippen MR) is 62.0 cm³/mol. The quantitative estimate of drug-likeness (QED) is 0.547. The van der Waals surface area contributed by atoms with Crippen molar-refractivity contribution >= 4 is 12.3 Å². The molecular formula is C13H22O3. The number of carbonyl (C=O) groups is 2. The lowest BCUT2D eigenvalue weighted by atomic mass is 9.69. The molecule has 0 aromatic rings. The summed E-state index contributed by atoms with van der Waals surface area (Å²) >= 11 is 0. The summed E-state index contributed by atoms with van der Waals surface area (Å²) in [4.78, 5) is 22.0. The lowest BCUT2D eigenvalue weighted by Gasteiger charge is -2.37. The summed E-state index contributed by atoms with van der Waals surface area (Å²) < 4.78 is 5.19. The van der Waals surface area contributed by atoms with Crippen molar-refractivity contribution in [1.29, 1.82) is 0 Å². The van der Waals surface area contributed by atoms with Crippen molar-refractivity contribution in [3.05, 3.63) is 0 Å². The molecule has 0 N–H and O–H groups in total. The molecule has 0 radical (unpaired) electrons. The summed E-state index contributed by atoms with van der Waals surface area (Å²) in [6, 6.07) is 0. The van der Waals surface area contributed by atoms with Gasteiger partial charge in [0.2, 0.25) is 0 Å². The average molecular weight is 226 g/mol. The molecule has 1 aliphatic carbocycles. The average Bonchev–Trinajstić information content (AvgIpc) is 2.28. The molecule has 16 heavy (non-hydrogen) atoms. The Bertz CT molecular complexity index is 254. The van der Waals surface area contributed by atoms with E-state index in [0.29, 0.717) is 5.92 Å². The summed E-state index contributed by atoms with van der Waals surface area (Å²) in [5.74, 6) is 0.249. The first-order valence-corrected chi connectivity index (χ1v) is 6.15. The predicted octanol–water partition coefficient (Wildman–Crippen LogP) is 2.72. The Kier molecular flexibility index (Phi) is 4.51. The molecule has 1 unspecified atom stereocenters. The summed E-state index contributed by atoms with van der Waals surface area (Å²) in [5, 5.41) is 0. The van der Waals surface area contributed by atoms with E-state index in [0.717, 1.165) is 38.4 Å². The van der Waals surface area contributed by atoms with Crippen LogP contribution in [0.3, 0.4) is 0 Å². The van der Waals surface area contributed by atoms with Crippen molar-refractivity contribution in [2.24, 2.45) is 11.3 Å². The Balaban J connectivity index is 2.48. The molecule has 3 nitrogen and oxygen atoms in total. The van der Waals surface area contributed by atoms with Crippen LogP contribution in [0.25, 0.3) is 0 Å². The largest absolute Gasteiger partial charge is 0.463 e. The van der Waals surface area contributed by atoms with Crippen LogP contribution in [-0.2, 0) is 14.3 Å². The third kappa shape index (κ3) is 3.06. The van der Waals surface area contributed by atoms with E-state index in [4.69, 9.17) is 4.74 Å². The Morgan fingerprint density at radius 1 is 1.38 bits per heavy atom. The monoisotopic (exact) mass is 226 g/mol. The number of hydrogen-bond acceptors (Lipinski definition) is 3. The number of ether oxygens (including phenoxy) is 1. The topological polar surface area (TPSA) is 43.4 Å². The van der Waals surface area contributed by atoms with Gasteiger partial charge in [0.1, 0.15) is 12.4 Å². The minimum absolute atomic E-state index is 0.0708. The maximum Gasteiger partial charge on any atom is 0.302 e. The Morgan fingerprint density at radius 3 is 2.31 bits per heavy atom. The molecule has 0 spiro atoms. The standard InChI is InChI=1S/C13H22O3/c1-4-13(3,9-14)11-5-7-12(8-6-11)16-10(2)15/h9,11-12H,4-8H2,1-3H3. The van der Waals surface area contributed by atoms with Crippen molar-refractivity contribution in [3.8, 4) is 0 Å². The molecule has 0 bridgehead atoms. The Labute approximate surface area is 97.5 Å². The molecule has 1 fully saturated rings. The zero-order chi connectivity index (χ0) is 12.2. The molecular weight excluding hydrogens is 204 g/mol. The van der Waals surface area contributed by atoms with Gasteiger partial charge >= 0.3 is 5.97 Å². The minimum atomic E-state index is -0.197. The van der Waals surface area contributed by atoms with Crippen LogP contribution in [0, 0.1) is 11.3 Å². The van der Waals surface area contributed by atoms with Crippen molar-refractivity contribution in [1.82, 2.24) is 0 Å².